The molecule has 0 unspecified atom stereocenters. The maximum atomic E-state index is 4.59. The molecule has 2 fully saturated rings. The van der Waals surface area contributed by atoms with Crippen LogP contribution in [0, 0.1) is 12.8 Å². The SMILES string of the molecule is Cc1csc(N2CCN(CC3CCNCC3)CC2)n1. The van der Waals surface area contributed by atoms with E-state index in [-0.39, 0.29) is 0 Å². The minimum absolute atomic E-state index is 0.912. The Hall–Kier alpha value is -0.650. The van der Waals surface area contributed by atoms with Crippen LogP contribution in [0.3, 0.4) is 0 Å². The average molecular weight is 280 g/mol. The Labute approximate surface area is 119 Å². The molecule has 0 spiro atoms. The van der Waals surface area contributed by atoms with Crippen LogP contribution in [0.1, 0.15) is 18.5 Å². The molecule has 0 bridgehead atoms. The summed E-state index contributed by atoms with van der Waals surface area (Å²) in [5.41, 5.74) is 1.15. The van der Waals surface area contributed by atoms with E-state index in [0.29, 0.717) is 0 Å². The topological polar surface area (TPSA) is 31.4 Å². The predicted molar refractivity (Wildman–Crippen MR) is 81.1 cm³/mol. The summed E-state index contributed by atoms with van der Waals surface area (Å²) in [7, 11) is 0. The minimum Gasteiger partial charge on any atom is -0.346 e. The third kappa shape index (κ3) is 3.46. The van der Waals surface area contributed by atoms with E-state index >= 15 is 0 Å². The predicted octanol–water partition coefficient (Wildman–Crippen LogP) is 1.57. The van der Waals surface area contributed by atoms with Gasteiger partial charge in [0.2, 0.25) is 0 Å². The lowest BCUT2D eigenvalue weighted by Crippen LogP contribution is -2.48. The molecule has 1 N–H and O–H groups in total. The van der Waals surface area contributed by atoms with Crippen LogP contribution in [0.15, 0.2) is 5.38 Å². The highest BCUT2D eigenvalue weighted by atomic mass is 32.1. The van der Waals surface area contributed by atoms with Gasteiger partial charge in [0.1, 0.15) is 0 Å². The van der Waals surface area contributed by atoms with Gasteiger partial charge < -0.3 is 10.2 Å². The molecule has 3 rings (SSSR count). The van der Waals surface area contributed by atoms with Crippen LogP contribution >= 0.6 is 11.3 Å². The summed E-state index contributed by atoms with van der Waals surface area (Å²) in [6.45, 7) is 10.5. The van der Waals surface area contributed by atoms with E-state index in [9.17, 15) is 0 Å². The van der Waals surface area contributed by atoms with E-state index in [2.05, 4.69) is 32.4 Å². The molecule has 0 radical (unpaired) electrons. The van der Waals surface area contributed by atoms with Crippen LogP contribution < -0.4 is 10.2 Å². The molecule has 19 heavy (non-hydrogen) atoms. The highest BCUT2D eigenvalue weighted by Crippen LogP contribution is 2.22. The quantitative estimate of drug-likeness (QED) is 0.911. The molecule has 2 aliphatic heterocycles. The Balaban J connectivity index is 1.46. The van der Waals surface area contributed by atoms with E-state index in [0.717, 1.165) is 24.7 Å². The zero-order valence-electron chi connectivity index (χ0n) is 11.8. The van der Waals surface area contributed by atoms with Gasteiger partial charge in [-0.05, 0) is 38.8 Å². The Morgan fingerprint density at radius 3 is 2.63 bits per heavy atom. The number of nitrogens with zero attached hydrogens (tertiary/aromatic N) is 3. The van der Waals surface area contributed by atoms with Crippen LogP contribution in [0.2, 0.25) is 0 Å². The summed E-state index contributed by atoms with van der Waals surface area (Å²) in [4.78, 5) is 9.68. The fraction of sp³-hybridized carbons (Fsp3) is 0.786. The minimum atomic E-state index is 0.912. The van der Waals surface area contributed by atoms with Gasteiger partial charge in [-0.1, -0.05) is 0 Å². The Morgan fingerprint density at radius 2 is 2.00 bits per heavy atom. The first-order chi connectivity index (χ1) is 9.31. The molecule has 3 heterocycles. The normalized spacial score (nSPS) is 22.9. The summed E-state index contributed by atoms with van der Waals surface area (Å²) in [5.74, 6) is 0.912. The lowest BCUT2D eigenvalue weighted by atomic mass is 9.97. The van der Waals surface area contributed by atoms with Crippen molar-refractivity contribution in [3.8, 4) is 0 Å². The number of hydrogen-bond donors (Lipinski definition) is 1. The Bertz CT molecular complexity index is 392. The van der Waals surface area contributed by atoms with Gasteiger partial charge in [0.25, 0.3) is 0 Å². The van der Waals surface area contributed by atoms with Crippen molar-refractivity contribution in [2.75, 3.05) is 50.7 Å². The molecule has 1 aromatic rings. The van der Waals surface area contributed by atoms with Crippen LogP contribution in [0.5, 0.6) is 0 Å². The van der Waals surface area contributed by atoms with Gasteiger partial charge >= 0.3 is 0 Å². The number of hydrogen-bond acceptors (Lipinski definition) is 5. The summed E-state index contributed by atoms with van der Waals surface area (Å²) in [6.07, 6.45) is 2.71. The first-order valence-electron chi connectivity index (χ1n) is 7.41. The highest BCUT2D eigenvalue weighted by Gasteiger charge is 2.22. The van der Waals surface area contributed by atoms with Crippen LogP contribution in [0.4, 0.5) is 5.13 Å². The van der Waals surface area contributed by atoms with Crippen molar-refractivity contribution < 1.29 is 0 Å². The number of thiazole rings is 1. The van der Waals surface area contributed by atoms with Crippen molar-refractivity contribution in [3.63, 3.8) is 0 Å². The summed E-state index contributed by atoms with van der Waals surface area (Å²) >= 11 is 1.78. The van der Waals surface area contributed by atoms with Crippen molar-refractivity contribution in [1.82, 2.24) is 15.2 Å². The van der Waals surface area contributed by atoms with Crippen molar-refractivity contribution in [1.29, 1.82) is 0 Å². The maximum absolute atomic E-state index is 4.59. The molecule has 5 heteroatoms. The number of piperidine rings is 1. The van der Waals surface area contributed by atoms with Gasteiger partial charge in [0.15, 0.2) is 5.13 Å². The van der Waals surface area contributed by atoms with E-state index in [1.165, 1.54) is 50.7 Å². The first kappa shape index (κ1) is 13.3. The molecule has 1 aromatic heterocycles. The molecule has 0 aliphatic carbocycles. The fourth-order valence-corrected chi connectivity index (χ4v) is 3.89. The zero-order valence-corrected chi connectivity index (χ0v) is 12.6. The molecule has 0 amide bonds. The monoisotopic (exact) mass is 280 g/mol. The van der Waals surface area contributed by atoms with Gasteiger partial charge in [0.05, 0.1) is 5.69 Å². The maximum Gasteiger partial charge on any atom is 0.185 e. The van der Waals surface area contributed by atoms with Crippen molar-refractivity contribution in [2.45, 2.75) is 19.8 Å². The number of anilines is 1. The molecule has 2 aliphatic rings. The van der Waals surface area contributed by atoms with Gasteiger partial charge in [-0.25, -0.2) is 4.98 Å². The van der Waals surface area contributed by atoms with E-state index in [1.54, 1.807) is 11.3 Å². The molecular formula is C14H24N4S. The number of aromatic nitrogens is 1. The van der Waals surface area contributed by atoms with Crippen molar-refractivity contribution in [2.24, 2.45) is 5.92 Å². The molecule has 0 aromatic carbocycles. The van der Waals surface area contributed by atoms with Crippen molar-refractivity contribution >= 4 is 16.5 Å². The lowest BCUT2D eigenvalue weighted by Gasteiger charge is -2.37. The highest BCUT2D eigenvalue weighted by molar-refractivity contribution is 7.13. The van der Waals surface area contributed by atoms with Crippen LogP contribution in [0.25, 0.3) is 0 Å². The Morgan fingerprint density at radius 1 is 1.26 bits per heavy atom. The molecule has 0 saturated carbocycles. The number of aryl methyl sites for hydroxylation is 1. The number of rotatable bonds is 3. The second-order valence-electron chi connectivity index (χ2n) is 5.75. The zero-order chi connectivity index (χ0) is 13.1. The fourth-order valence-electron chi connectivity index (χ4n) is 3.04. The van der Waals surface area contributed by atoms with E-state index in [4.69, 9.17) is 0 Å². The summed E-state index contributed by atoms with van der Waals surface area (Å²) in [5, 5.41) is 6.81. The van der Waals surface area contributed by atoms with Gasteiger partial charge in [0, 0.05) is 38.1 Å². The average Bonchev–Trinajstić information content (AvgIpc) is 2.87. The van der Waals surface area contributed by atoms with E-state index in [1.807, 2.05) is 0 Å². The number of piperazine rings is 1. The lowest BCUT2D eigenvalue weighted by molar-refractivity contribution is 0.196. The second-order valence-corrected chi connectivity index (χ2v) is 6.59. The van der Waals surface area contributed by atoms with Crippen LogP contribution in [-0.2, 0) is 0 Å². The molecule has 2 saturated heterocycles. The molecule has 0 atom stereocenters. The summed E-state index contributed by atoms with van der Waals surface area (Å²) < 4.78 is 0. The van der Waals surface area contributed by atoms with E-state index < -0.39 is 0 Å². The smallest absolute Gasteiger partial charge is 0.185 e. The van der Waals surface area contributed by atoms with Gasteiger partial charge in [-0.2, -0.15) is 0 Å². The first-order valence-corrected chi connectivity index (χ1v) is 8.29. The number of nitrogens with one attached hydrogen (secondary N) is 1. The van der Waals surface area contributed by atoms with Crippen LogP contribution in [-0.4, -0.2) is 55.7 Å². The third-order valence-electron chi connectivity index (χ3n) is 4.22. The molecule has 106 valence electrons. The molecular weight excluding hydrogens is 256 g/mol. The third-order valence-corrected chi connectivity index (χ3v) is 5.24. The van der Waals surface area contributed by atoms with Gasteiger partial charge in [-0.15, -0.1) is 11.3 Å². The largest absolute Gasteiger partial charge is 0.346 e. The van der Waals surface area contributed by atoms with Crippen molar-refractivity contribution in [3.05, 3.63) is 11.1 Å². The molecule has 4 nitrogen and oxygen atoms in total. The standard InChI is InChI=1S/C14H24N4S/c1-12-11-19-14(16-12)18-8-6-17(7-9-18)10-13-2-4-15-5-3-13/h11,13,15H,2-10H2,1H3. The second kappa shape index (κ2) is 6.20. The Kier molecular flexibility index (Phi) is 4.35. The van der Waals surface area contributed by atoms with Gasteiger partial charge in [-0.3, -0.25) is 4.90 Å². The summed E-state index contributed by atoms with van der Waals surface area (Å²) in [6, 6.07) is 0.